The Balaban J connectivity index is 1.57. The van der Waals surface area contributed by atoms with Crippen LogP contribution in [0.1, 0.15) is 50.2 Å². The molecule has 8 bridgehead atoms. The van der Waals surface area contributed by atoms with Crippen LogP contribution in [0, 0.1) is 0 Å². The molecule has 2 aromatic heterocycles. The highest BCUT2D eigenvalue weighted by atomic mass is 32.2. The Morgan fingerprint density at radius 1 is 0.417 bits per heavy atom. The van der Waals surface area contributed by atoms with Crippen molar-refractivity contribution in [1.29, 1.82) is 0 Å². The smallest absolute Gasteiger partial charge is 0.206 e. The second-order valence-corrected chi connectivity index (χ2v) is 17.1. The van der Waals surface area contributed by atoms with Crippen molar-refractivity contribution in [1.82, 2.24) is 9.97 Å². The lowest BCUT2D eigenvalue weighted by atomic mass is 9.76. The molecule has 3 heterocycles. The van der Waals surface area contributed by atoms with Crippen molar-refractivity contribution in [2.24, 2.45) is 0 Å². The van der Waals surface area contributed by atoms with Gasteiger partial charge < -0.3 is 0 Å². The third-order valence-electron chi connectivity index (χ3n) is 9.35. The molecule has 8 heteroatoms. The summed E-state index contributed by atoms with van der Waals surface area (Å²) in [5.41, 5.74) is 3.95. The van der Waals surface area contributed by atoms with E-state index in [0.717, 1.165) is 11.4 Å². The molecule has 0 saturated heterocycles. The zero-order valence-electron chi connectivity index (χ0n) is 27.0. The van der Waals surface area contributed by atoms with Crippen LogP contribution in [0.2, 0.25) is 0 Å². The van der Waals surface area contributed by atoms with Crippen LogP contribution in [-0.2, 0) is 30.5 Å². The van der Waals surface area contributed by atoms with Gasteiger partial charge in [-0.2, -0.15) is 0 Å². The maximum absolute atomic E-state index is 14.1. The average Bonchev–Trinajstić information content (AvgIpc) is 3.11. The van der Waals surface area contributed by atoms with E-state index < -0.39 is 30.5 Å². The predicted octanol–water partition coefficient (Wildman–Crippen LogP) is 8.44. The number of hydrogen-bond acceptors (Lipinski definition) is 6. The van der Waals surface area contributed by atoms with E-state index in [1.807, 2.05) is 76.2 Å². The van der Waals surface area contributed by atoms with Gasteiger partial charge >= 0.3 is 0 Å². The van der Waals surface area contributed by atoms with Crippen molar-refractivity contribution in [2.45, 2.75) is 58.1 Å². The Kier molecular flexibility index (Phi) is 7.49. The summed E-state index contributed by atoms with van der Waals surface area (Å²) in [4.78, 5) is 10.8. The van der Waals surface area contributed by atoms with Crippen molar-refractivity contribution in [3.8, 4) is 22.5 Å². The van der Waals surface area contributed by atoms with Crippen molar-refractivity contribution in [3.63, 3.8) is 0 Å². The molecule has 0 radical (unpaired) electrons. The fourth-order valence-electron chi connectivity index (χ4n) is 6.18. The standard InChI is InChI=1S/C40H34N2O4S2/c1-39(2)29-21-27(23-33(25-29)47(43,44)31-13-7-5-8-14-31)35-17-11-19-37(41-35)40(3,4)38-20-12-18-36(42-38)28-22-30(39)26-34(24-28)48(45,46)32-15-9-6-10-16-32/h5-26H,1-4H3. The van der Waals surface area contributed by atoms with Gasteiger partial charge in [0.1, 0.15) is 0 Å². The number of fused-ring (bicyclic) bond motifs is 10. The third kappa shape index (κ3) is 5.35. The Morgan fingerprint density at radius 2 is 0.812 bits per heavy atom. The van der Waals surface area contributed by atoms with E-state index in [4.69, 9.17) is 9.97 Å². The predicted molar refractivity (Wildman–Crippen MR) is 187 cm³/mol. The van der Waals surface area contributed by atoms with E-state index in [1.54, 1.807) is 84.9 Å². The number of benzene rings is 4. The summed E-state index contributed by atoms with van der Waals surface area (Å²) >= 11 is 0. The summed E-state index contributed by atoms with van der Waals surface area (Å²) in [6, 6.07) is 38.9. The van der Waals surface area contributed by atoms with E-state index >= 15 is 0 Å². The molecule has 0 aliphatic carbocycles. The molecular formula is C40H34N2O4S2. The fourth-order valence-corrected chi connectivity index (χ4v) is 8.89. The Hall–Kier alpha value is -4.92. The second-order valence-electron chi connectivity index (χ2n) is 13.2. The van der Waals surface area contributed by atoms with Crippen molar-refractivity contribution >= 4 is 19.7 Å². The minimum absolute atomic E-state index is 0.132. The molecule has 7 rings (SSSR count). The summed E-state index contributed by atoms with van der Waals surface area (Å²) in [6.07, 6.45) is 0. The molecule has 1 aliphatic rings. The molecule has 0 atom stereocenters. The highest BCUT2D eigenvalue weighted by Gasteiger charge is 2.32. The van der Waals surface area contributed by atoms with Crippen LogP contribution in [0.4, 0.5) is 0 Å². The Labute approximate surface area is 282 Å². The lowest BCUT2D eigenvalue weighted by Gasteiger charge is -2.29. The molecular weight excluding hydrogens is 637 g/mol. The molecule has 4 aromatic carbocycles. The quantitative estimate of drug-likeness (QED) is 0.187. The van der Waals surface area contributed by atoms with Gasteiger partial charge in [0.05, 0.1) is 42.4 Å². The van der Waals surface area contributed by atoms with E-state index in [1.165, 1.54) is 0 Å². The van der Waals surface area contributed by atoms with Gasteiger partial charge in [-0.25, -0.2) is 16.8 Å². The summed E-state index contributed by atoms with van der Waals surface area (Å²) < 4.78 is 56.5. The molecule has 0 amide bonds. The number of nitrogens with zero attached hydrogens (tertiary/aromatic N) is 2. The first-order valence-corrected chi connectivity index (χ1v) is 18.6. The lowest BCUT2D eigenvalue weighted by Crippen LogP contribution is -2.23. The summed E-state index contributed by atoms with van der Waals surface area (Å²) in [6.45, 7) is 8.05. The van der Waals surface area contributed by atoms with Crippen molar-refractivity contribution < 1.29 is 16.8 Å². The maximum Gasteiger partial charge on any atom is 0.206 e. The second kappa shape index (κ2) is 11.4. The van der Waals surface area contributed by atoms with Gasteiger partial charge in [0, 0.05) is 22.0 Å². The van der Waals surface area contributed by atoms with Crippen LogP contribution >= 0.6 is 0 Å². The summed E-state index contributed by atoms with van der Waals surface area (Å²) in [5, 5.41) is 0. The minimum atomic E-state index is -3.92. The molecule has 6 aromatic rings. The number of sulfone groups is 2. The zero-order valence-corrected chi connectivity index (χ0v) is 28.7. The van der Waals surface area contributed by atoms with Crippen LogP contribution in [0.5, 0.6) is 0 Å². The molecule has 0 unspecified atom stereocenters. The normalized spacial score (nSPS) is 14.9. The van der Waals surface area contributed by atoms with Crippen LogP contribution in [-0.4, -0.2) is 26.8 Å². The first kappa shape index (κ1) is 31.7. The molecule has 1 aliphatic heterocycles. The SMILES string of the molecule is CC1(C)c2cc(cc(S(=O)(=O)c3ccccc3)c2)-c2cccc(n2)C(C)(C)c2cccc(n2)-c2cc1cc(S(=O)(=O)c1ccccc1)c2. The van der Waals surface area contributed by atoms with Crippen molar-refractivity contribution in [2.75, 3.05) is 0 Å². The first-order valence-electron chi connectivity index (χ1n) is 15.7. The molecule has 0 saturated carbocycles. The van der Waals surface area contributed by atoms with Gasteiger partial charge in [-0.3, -0.25) is 9.97 Å². The van der Waals surface area contributed by atoms with Gasteiger partial charge in [-0.1, -0.05) is 62.4 Å². The number of rotatable bonds is 4. The highest BCUT2D eigenvalue weighted by Crippen LogP contribution is 2.41. The molecule has 240 valence electrons. The lowest BCUT2D eigenvalue weighted by molar-refractivity contribution is 0.593. The van der Waals surface area contributed by atoms with Gasteiger partial charge in [0.2, 0.25) is 19.7 Å². The van der Waals surface area contributed by atoms with Crippen LogP contribution in [0.15, 0.2) is 153 Å². The topological polar surface area (TPSA) is 94.1 Å². The number of aromatic nitrogens is 2. The van der Waals surface area contributed by atoms with Gasteiger partial charge in [-0.05, 0) is 110 Å². The van der Waals surface area contributed by atoms with E-state index in [9.17, 15) is 16.8 Å². The Morgan fingerprint density at radius 3 is 1.21 bits per heavy atom. The monoisotopic (exact) mass is 670 g/mol. The van der Waals surface area contributed by atoms with Crippen LogP contribution in [0.3, 0.4) is 0 Å². The van der Waals surface area contributed by atoms with E-state index in [2.05, 4.69) is 0 Å². The van der Waals surface area contributed by atoms with Crippen molar-refractivity contribution in [3.05, 3.63) is 156 Å². The largest absolute Gasteiger partial charge is 0.252 e. The van der Waals surface area contributed by atoms with E-state index in [0.29, 0.717) is 33.6 Å². The first-order chi connectivity index (χ1) is 22.8. The fraction of sp³-hybridized carbons (Fsp3) is 0.150. The molecule has 6 nitrogen and oxygen atoms in total. The van der Waals surface area contributed by atoms with Gasteiger partial charge in [-0.15, -0.1) is 0 Å². The number of pyridine rings is 2. The third-order valence-corrected chi connectivity index (χ3v) is 12.9. The minimum Gasteiger partial charge on any atom is -0.252 e. The molecule has 0 N–H and O–H groups in total. The Bertz CT molecular complexity index is 2250. The van der Waals surface area contributed by atoms with Gasteiger partial charge in [0.25, 0.3) is 0 Å². The van der Waals surface area contributed by atoms with Crippen LogP contribution in [0.25, 0.3) is 22.5 Å². The molecule has 48 heavy (non-hydrogen) atoms. The van der Waals surface area contributed by atoms with Gasteiger partial charge in [0.15, 0.2) is 0 Å². The summed E-state index contributed by atoms with van der Waals surface area (Å²) in [7, 11) is -7.83. The highest BCUT2D eigenvalue weighted by molar-refractivity contribution is 7.91. The average molecular weight is 671 g/mol. The van der Waals surface area contributed by atoms with Crippen LogP contribution < -0.4 is 0 Å². The molecule has 0 spiro atoms. The van der Waals surface area contributed by atoms with E-state index in [-0.39, 0.29) is 19.6 Å². The maximum atomic E-state index is 14.1. The number of hydrogen-bond donors (Lipinski definition) is 0. The summed E-state index contributed by atoms with van der Waals surface area (Å²) in [5.74, 6) is 0. The zero-order chi connectivity index (χ0) is 33.9. The molecule has 0 fully saturated rings.